The predicted molar refractivity (Wildman–Crippen MR) is 106 cm³/mol. The first-order valence-corrected chi connectivity index (χ1v) is 10.2. The van der Waals surface area contributed by atoms with E-state index in [1.807, 2.05) is 29.5 Å². The normalized spacial score (nSPS) is 11.4. The van der Waals surface area contributed by atoms with Crippen molar-refractivity contribution in [2.24, 2.45) is 0 Å². The highest BCUT2D eigenvalue weighted by Crippen LogP contribution is 2.29. The van der Waals surface area contributed by atoms with Gasteiger partial charge in [-0.15, -0.1) is 10.2 Å². The average Bonchev–Trinajstić information content (AvgIpc) is 3.30. The average molecular weight is 401 g/mol. The maximum Gasteiger partial charge on any atom is 0.324 e. The molecule has 1 aromatic carbocycles. The summed E-state index contributed by atoms with van der Waals surface area (Å²) in [4.78, 5) is 23.3. The number of benzene rings is 1. The molecule has 0 unspecified atom stereocenters. The van der Waals surface area contributed by atoms with E-state index in [1.54, 1.807) is 22.1 Å². The summed E-state index contributed by atoms with van der Waals surface area (Å²) < 4.78 is 3.53. The topological polar surface area (TPSA) is 95.3 Å². The van der Waals surface area contributed by atoms with Gasteiger partial charge in [0.05, 0.1) is 15.8 Å². The second-order valence-corrected chi connectivity index (χ2v) is 7.76. The molecule has 0 spiro atoms. The number of thioether (sulfide) groups is 1. The Morgan fingerprint density at radius 2 is 2.11 bits per heavy atom. The molecular formula is C17H15N5O3S2. The molecule has 3 aromatic heterocycles. The summed E-state index contributed by atoms with van der Waals surface area (Å²) in [5.41, 5.74) is 1.55. The van der Waals surface area contributed by atoms with Crippen molar-refractivity contribution in [2.75, 3.05) is 0 Å². The van der Waals surface area contributed by atoms with Gasteiger partial charge in [-0.25, -0.2) is 0 Å². The number of para-hydroxylation sites is 1. The van der Waals surface area contributed by atoms with E-state index < -0.39 is 0 Å². The van der Waals surface area contributed by atoms with E-state index in [-0.39, 0.29) is 15.5 Å². The first-order valence-electron chi connectivity index (χ1n) is 8.31. The molecule has 0 fully saturated rings. The number of hydrogen-bond acceptors (Lipinski definition) is 7. The Morgan fingerprint density at radius 3 is 2.85 bits per heavy atom. The van der Waals surface area contributed by atoms with Crippen LogP contribution in [0.1, 0.15) is 18.9 Å². The monoisotopic (exact) mass is 401 g/mol. The molecule has 0 bridgehead atoms. The fourth-order valence-electron chi connectivity index (χ4n) is 2.93. The quantitative estimate of drug-likeness (QED) is 0.278. The lowest BCUT2D eigenvalue weighted by Gasteiger charge is -2.10. The standard InChI is InChI=1S/C17H15N5O3S2/c1-2-7-20-15(23)12-5-3-4-6-13(12)21-16(20)18-19-17(21)27-10-11-8-14(22(24)25)26-9-11/h3-6,8-9H,2,7,10H2,1H3. The fraction of sp³-hybridized carbons (Fsp3) is 0.235. The lowest BCUT2D eigenvalue weighted by molar-refractivity contribution is -0.380. The molecule has 0 radical (unpaired) electrons. The van der Waals surface area contributed by atoms with Crippen molar-refractivity contribution < 1.29 is 4.92 Å². The number of aryl methyl sites for hydroxylation is 1. The minimum absolute atomic E-state index is 0.0719. The minimum Gasteiger partial charge on any atom is -0.276 e. The third-order valence-corrected chi connectivity index (χ3v) is 6.04. The molecule has 0 aliphatic rings. The van der Waals surface area contributed by atoms with Gasteiger partial charge in [-0.05, 0) is 24.1 Å². The predicted octanol–water partition coefficient (Wildman–Crippen LogP) is 3.72. The number of hydrogen-bond donors (Lipinski definition) is 0. The van der Waals surface area contributed by atoms with Gasteiger partial charge in [0, 0.05) is 23.7 Å². The van der Waals surface area contributed by atoms with Gasteiger partial charge in [0.25, 0.3) is 5.56 Å². The Morgan fingerprint density at radius 1 is 1.30 bits per heavy atom. The highest BCUT2D eigenvalue weighted by molar-refractivity contribution is 7.98. The van der Waals surface area contributed by atoms with Crippen molar-refractivity contribution >= 4 is 44.8 Å². The number of aromatic nitrogens is 4. The van der Waals surface area contributed by atoms with Crippen molar-refractivity contribution in [1.29, 1.82) is 0 Å². The van der Waals surface area contributed by atoms with Crippen LogP contribution in [0.3, 0.4) is 0 Å². The van der Waals surface area contributed by atoms with Crippen LogP contribution in [0.4, 0.5) is 5.00 Å². The van der Waals surface area contributed by atoms with Crippen LogP contribution < -0.4 is 5.56 Å². The van der Waals surface area contributed by atoms with Crippen LogP contribution in [-0.2, 0) is 12.3 Å². The molecule has 27 heavy (non-hydrogen) atoms. The third kappa shape index (κ3) is 3.10. The Hall–Kier alpha value is -2.72. The summed E-state index contributed by atoms with van der Waals surface area (Å²) in [6, 6.07) is 8.98. The van der Waals surface area contributed by atoms with Crippen molar-refractivity contribution in [1.82, 2.24) is 19.2 Å². The second-order valence-electron chi connectivity index (χ2n) is 5.93. The number of fused-ring (bicyclic) bond motifs is 3. The molecule has 4 rings (SSSR count). The number of nitro groups is 1. The zero-order chi connectivity index (χ0) is 19.0. The van der Waals surface area contributed by atoms with E-state index in [0.29, 0.717) is 28.6 Å². The van der Waals surface area contributed by atoms with E-state index in [9.17, 15) is 14.9 Å². The Kier molecular flexibility index (Phi) is 4.66. The number of rotatable bonds is 6. The van der Waals surface area contributed by atoms with Crippen LogP contribution in [0.5, 0.6) is 0 Å². The first-order chi connectivity index (χ1) is 13.1. The van der Waals surface area contributed by atoms with Crippen LogP contribution in [0.2, 0.25) is 0 Å². The van der Waals surface area contributed by atoms with E-state index in [0.717, 1.165) is 28.8 Å². The second kappa shape index (κ2) is 7.12. The molecule has 10 heteroatoms. The minimum atomic E-state index is -0.387. The zero-order valence-electron chi connectivity index (χ0n) is 14.4. The van der Waals surface area contributed by atoms with Crippen LogP contribution in [0.15, 0.2) is 45.7 Å². The third-order valence-electron chi connectivity index (χ3n) is 4.11. The Balaban J connectivity index is 1.79. The lowest BCUT2D eigenvalue weighted by Crippen LogP contribution is -2.23. The molecule has 8 nitrogen and oxygen atoms in total. The lowest BCUT2D eigenvalue weighted by atomic mass is 10.2. The molecule has 0 saturated heterocycles. The van der Waals surface area contributed by atoms with Crippen LogP contribution in [-0.4, -0.2) is 24.1 Å². The van der Waals surface area contributed by atoms with Crippen molar-refractivity contribution in [3.8, 4) is 0 Å². The van der Waals surface area contributed by atoms with E-state index in [1.165, 1.54) is 11.8 Å². The summed E-state index contributed by atoms with van der Waals surface area (Å²) in [6.45, 7) is 2.57. The summed E-state index contributed by atoms with van der Waals surface area (Å²) >= 11 is 2.55. The highest BCUT2D eigenvalue weighted by Gasteiger charge is 2.17. The Bertz CT molecular complexity index is 1210. The maximum absolute atomic E-state index is 12.8. The maximum atomic E-state index is 12.8. The summed E-state index contributed by atoms with van der Waals surface area (Å²) in [6.07, 6.45) is 0.807. The molecule has 138 valence electrons. The van der Waals surface area contributed by atoms with E-state index in [2.05, 4.69) is 10.2 Å². The van der Waals surface area contributed by atoms with Gasteiger partial charge in [-0.2, -0.15) is 0 Å². The largest absolute Gasteiger partial charge is 0.324 e. The first kappa shape index (κ1) is 17.7. The number of nitrogens with zero attached hydrogens (tertiary/aromatic N) is 5. The molecule has 0 aliphatic heterocycles. The Labute approximate surface area is 161 Å². The molecule has 0 atom stereocenters. The summed E-state index contributed by atoms with van der Waals surface area (Å²) in [5, 5.41) is 22.5. The van der Waals surface area contributed by atoms with Crippen molar-refractivity contribution in [2.45, 2.75) is 30.8 Å². The van der Waals surface area contributed by atoms with Gasteiger partial charge < -0.3 is 0 Å². The van der Waals surface area contributed by atoms with E-state index in [4.69, 9.17) is 0 Å². The van der Waals surface area contributed by atoms with Gasteiger partial charge in [0.15, 0.2) is 5.16 Å². The van der Waals surface area contributed by atoms with Crippen LogP contribution in [0, 0.1) is 10.1 Å². The number of thiophene rings is 1. The highest BCUT2D eigenvalue weighted by atomic mass is 32.2. The van der Waals surface area contributed by atoms with Gasteiger partial charge in [0.2, 0.25) is 5.78 Å². The zero-order valence-corrected chi connectivity index (χ0v) is 16.0. The fourth-order valence-corrected chi connectivity index (χ4v) is 4.64. The molecule has 0 aliphatic carbocycles. The molecular weight excluding hydrogens is 386 g/mol. The summed E-state index contributed by atoms with van der Waals surface area (Å²) in [5.74, 6) is 1.05. The molecule has 3 heterocycles. The van der Waals surface area contributed by atoms with Crippen molar-refractivity contribution in [3.05, 3.63) is 61.7 Å². The van der Waals surface area contributed by atoms with Gasteiger partial charge >= 0.3 is 5.00 Å². The SMILES string of the molecule is CCCn1c(=O)c2ccccc2n2c(SCc3csc([N+](=O)[O-])c3)nnc12. The molecule has 0 amide bonds. The smallest absolute Gasteiger partial charge is 0.276 e. The van der Waals surface area contributed by atoms with Gasteiger partial charge in [0.1, 0.15) is 0 Å². The van der Waals surface area contributed by atoms with Gasteiger partial charge in [-0.3, -0.25) is 23.9 Å². The van der Waals surface area contributed by atoms with E-state index >= 15 is 0 Å². The van der Waals surface area contributed by atoms with Crippen LogP contribution in [0.25, 0.3) is 16.7 Å². The van der Waals surface area contributed by atoms with Crippen molar-refractivity contribution in [3.63, 3.8) is 0 Å². The van der Waals surface area contributed by atoms with Gasteiger partial charge in [-0.1, -0.05) is 42.2 Å². The molecule has 0 saturated carbocycles. The summed E-state index contributed by atoms with van der Waals surface area (Å²) in [7, 11) is 0. The molecule has 4 aromatic rings. The molecule has 0 N–H and O–H groups in total. The van der Waals surface area contributed by atoms with Crippen LogP contribution >= 0.6 is 23.1 Å².